The number of aromatic nitrogens is 12. The summed E-state index contributed by atoms with van der Waals surface area (Å²) < 4.78 is 35.4. The molecule has 0 amide bonds. The fourth-order valence-corrected chi connectivity index (χ4v) is 9.38. The van der Waals surface area contributed by atoms with Gasteiger partial charge < -0.3 is 33.0 Å². The van der Waals surface area contributed by atoms with Gasteiger partial charge in [-0.2, -0.15) is 0 Å². The van der Waals surface area contributed by atoms with Crippen molar-refractivity contribution in [1.29, 1.82) is 0 Å². The van der Waals surface area contributed by atoms with E-state index in [2.05, 4.69) is 132 Å². The van der Waals surface area contributed by atoms with E-state index < -0.39 is 23.6 Å². The molecule has 533 valence electrons. The third-order valence-electron chi connectivity index (χ3n) is 14.2. The van der Waals surface area contributed by atoms with Gasteiger partial charge in [-0.25, -0.2) is 19.6 Å². The number of benzene rings is 8. The summed E-state index contributed by atoms with van der Waals surface area (Å²) in [7, 11) is 9.71. The maximum absolute atomic E-state index is 13.2. The number of carbonyl (C=O) groups is 2. The Bertz CT molecular complexity index is 4870. The van der Waals surface area contributed by atoms with Gasteiger partial charge in [0.2, 0.25) is 0 Å². The second-order valence-electron chi connectivity index (χ2n) is 21.3. The molecule has 15 aromatic rings. The topological polar surface area (TPSA) is 189 Å². The Labute approximate surface area is 664 Å². The first kappa shape index (κ1) is 85.6. The number of aryl methyl sites for hydroxylation is 5. The van der Waals surface area contributed by atoms with E-state index >= 15 is 0 Å². The number of carboxylic acid groups (broad SMARTS) is 2. The molecule has 0 aliphatic heterocycles. The molecule has 0 fully saturated rings. The number of aromatic carboxylic acids is 2. The molecule has 0 saturated heterocycles. The van der Waals surface area contributed by atoms with Crippen LogP contribution in [0.1, 0.15) is 21.0 Å². The van der Waals surface area contributed by atoms with Gasteiger partial charge in [0.15, 0.2) is 0 Å². The summed E-state index contributed by atoms with van der Waals surface area (Å²) in [4.78, 5) is 48.7. The molecule has 15 rings (SSSR count). The molecule has 7 heterocycles. The molecule has 23 heteroatoms. The van der Waals surface area contributed by atoms with Crippen molar-refractivity contribution in [2.24, 2.45) is 35.2 Å². The summed E-state index contributed by atoms with van der Waals surface area (Å²) in [5.41, 5.74) is 13.0. The molecule has 7 aromatic heterocycles. The second-order valence-corrected chi connectivity index (χ2v) is 21.3. The standard InChI is InChI=1S/3C16H13N2.C10H7F2N2.C10H9N2.2C6H5NO2.5Ir/c1-18-12-11-17-16(18)15-10-6-5-9-14(15)13-7-3-2-4-8-13;1-18-11-10-17-16(18)15-9-5-8-14(12-15)13-6-3-2-4-7-13;1-18-12-11-17-16(18)15-9-7-14(8-10-15)13-5-3-2-4-6-13;1-14-5-10(13-6-14)8-3-2-7(11)4-9(8)12;1-12-7-10(11-8-12)9-5-3-2-4-6-9;2*8-6(9)5-3-1-2-4-7-5;;;;;/h2-9,11-12H,1H3;2-8,10-12H,1H3;2-9,11-12H,1H3;2,4-6H,1H3;2-5,7-8H,1H3;2*1-4H,(H,8,9);;;;;/q5*-1;;;;;;;. The monoisotopic (exact) mass is 2260 g/mol. The molecule has 0 saturated carbocycles. The van der Waals surface area contributed by atoms with Crippen molar-refractivity contribution in [2.45, 2.75) is 0 Å². The average molecular weight is 2260 g/mol. The van der Waals surface area contributed by atoms with Crippen LogP contribution in [0, 0.1) is 42.0 Å². The first-order valence-corrected chi connectivity index (χ1v) is 30.4. The Kier molecular flexibility index (Phi) is 37.0. The van der Waals surface area contributed by atoms with Crippen LogP contribution in [0.5, 0.6) is 0 Å². The summed E-state index contributed by atoms with van der Waals surface area (Å²) in [6.07, 6.45) is 21.1. The summed E-state index contributed by atoms with van der Waals surface area (Å²) in [5.74, 6) is -0.450. The van der Waals surface area contributed by atoms with Crippen molar-refractivity contribution >= 4 is 11.9 Å². The molecule has 2 N–H and O–H groups in total. The molecule has 5 radical (unpaired) electrons. The van der Waals surface area contributed by atoms with Crippen molar-refractivity contribution in [3.8, 4) is 90.1 Å². The van der Waals surface area contributed by atoms with E-state index in [9.17, 15) is 18.4 Å². The third-order valence-corrected chi connectivity index (χ3v) is 14.2. The second kappa shape index (κ2) is 44.5. The fourth-order valence-electron chi connectivity index (χ4n) is 9.38. The maximum Gasteiger partial charge on any atom is 0.354 e. The van der Waals surface area contributed by atoms with Crippen LogP contribution in [0.4, 0.5) is 8.78 Å². The first-order valence-electron chi connectivity index (χ1n) is 30.4. The largest absolute Gasteiger partial charge is 0.477 e. The van der Waals surface area contributed by atoms with E-state index in [0.29, 0.717) is 5.69 Å². The molecular formula is C80H65F2Ir5N12O4-5. The number of hydrogen-bond donors (Lipinski definition) is 2. The quantitative estimate of drug-likeness (QED) is 0.124. The van der Waals surface area contributed by atoms with Gasteiger partial charge in [0, 0.05) is 208 Å². The summed E-state index contributed by atoms with van der Waals surface area (Å²) in [6, 6.07) is 84.1. The SMILES string of the molecule is Cn1ccnc1-c1[c-]cc(-c2ccccc2)cc1.Cn1ccnc1-c1[c-]ccc(-c2ccccc2)c1.Cn1ccnc1-c1[c-]cccc1-c1ccccc1.Cn1cnc(-c2[c-]cc(F)cc2F)c1.Cn1cnc(-c2[c-]cccc2)c1.O=C(O)c1ccccn1.O=C(O)c1ccccn1.[Ir].[Ir].[Ir].[Ir].[Ir]. The summed E-state index contributed by atoms with van der Waals surface area (Å²) >= 11 is 0. The number of halogens is 2. The van der Waals surface area contributed by atoms with E-state index in [1.165, 1.54) is 52.3 Å². The van der Waals surface area contributed by atoms with E-state index in [-0.39, 0.29) is 117 Å². The molecule has 0 bridgehead atoms. The molecule has 0 atom stereocenters. The van der Waals surface area contributed by atoms with E-state index in [4.69, 9.17) is 10.2 Å². The van der Waals surface area contributed by atoms with Crippen LogP contribution in [0.15, 0.2) is 293 Å². The molecule has 0 aliphatic rings. The van der Waals surface area contributed by atoms with Gasteiger partial charge in [-0.15, -0.1) is 143 Å². The maximum atomic E-state index is 13.2. The van der Waals surface area contributed by atoms with Crippen LogP contribution < -0.4 is 0 Å². The van der Waals surface area contributed by atoms with Gasteiger partial charge in [-0.05, 0) is 42.2 Å². The average Bonchev–Trinajstić information content (AvgIpc) is 1.83. The molecule has 16 nitrogen and oxygen atoms in total. The Morgan fingerprint density at radius 1 is 0.369 bits per heavy atom. The zero-order valence-electron chi connectivity index (χ0n) is 55.7. The van der Waals surface area contributed by atoms with Crippen molar-refractivity contribution in [2.75, 3.05) is 0 Å². The minimum absolute atomic E-state index is 0. The number of pyridine rings is 2. The molecule has 103 heavy (non-hydrogen) atoms. The molecule has 0 spiro atoms. The predicted octanol–water partition coefficient (Wildman–Crippen LogP) is 16.3. The summed E-state index contributed by atoms with van der Waals surface area (Å²) in [6.45, 7) is 0. The van der Waals surface area contributed by atoms with Crippen LogP contribution in [0.25, 0.3) is 90.1 Å². The van der Waals surface area contributed by atoms with Crippen molar-refractivity contribution in [3.63, 3.8) is 0 Å². The van der Waals surface area contributed by atoms with Crippen LogP contribution in [-0.2, 0) is 136 Å². The van der Waals surface area contributed by atoms with Gasteiger partial charge in [-0.3, -0.25) is 33.7 Å². The normalized spacial score (nSPS) is 9.66. The number of rotatable bonds is 10. The van der Waals surface area contributed by atoms with Crippen LogP contribution in [-0.4, -0.2) is 79.9 Å². The molecular weight excluding hydrogens is 2190 g/mol. The van der Waals surface area contributed by atoms with Gasteiger partial charge in [0.1, 0.15) is 11.4 Å². The van der Waals surface area contributed by atoms with E-state index in [1.807, 2.05) is 181 Å². The predicted molar refractivity (Wildman–Crippen MR) is 376 cm³/mol. The van der Waals surface area contributed by atoms with Crippen LogP contribution in [0.2, 0.25) is 0 Å². The Morgan fingerprint density at radius 3 is 1.30 bits per heavy atom. The minimum atomic E-state index is -0.990. The van der Waals surface area contributed by atoms with Crippen LogP contribution >= 0.6 is 0 Å². The van der Waals surface area contributed by atoms with Crippen molar-refractivity contribution in [3.05, 3.63) is 346 Å². The van der Waals surface area contributed by atoms with Gasteiger partial charge in [0.05, 0.1) is 30.1 Å². The minimum Gasteiger partial charge on any atom is -0.477 e. The third kappa shape index (κ3) is 25.9. The zero-order valence-corrected chi connectivity index (χ0v) is 67.7. The number of imidazole rings is 5. The van der Waals surface area contributed by atoms with Gasteiger partial charge in [-0.1, -0.05) is 137 Å². The smallest absolute Gasteiger partial charge is 0.354 e. The molecule has 0 aliphatic carbocycles. The van der Waals surface area contributed by atoms with Crippen molar-refractivity contribution in [1.82, 2.24) is 57.7 Å². The Morgan fingerprint density at radius 2 is 0.854 bits per heavy atom. The van der Waals surface area contributed by atoms with Crippen LogP contribution in [0.3, 0.4) is 0 Å². The van der Waals surface area contributed by atoms with E-state index in [1.54, 1.807) is 67.1 Å². The Balaban J connectivity index is 0.000000256. The molecule has 8 aromatic carbocycles. The summed E-state index contributed by atoms with van der Waals surface area (Å²) in [5, 5.41) is 16.6. The zero-order chi connectivity index (χ0) is 69.0. The number of nitrogens with zero attached hydrogens (tertiary/aromatic N) is 12. The fraction of sp³-hybridized carbons (Fsp3) is 0.0625. The molecule has 0 unspecified atom stereocenters. The van der Waals surface area contributed by atoms with Gasteiger partial charge >= 0.3 is 11.9 Å². The van der Waals surface area contributed by atoms with Crippen molar-refractivity contribution < 1.29 is 129 Å². The van der Waals surface area contributed by atoms with Gasteiger partial charge in [0.25, 0.3) is 0 Å². The number of carboxylic acids is 2. The number of hydrogen-bond acceptors (Lipinski definition) is 9. The Hall–Kier alpha value is -9.84. The van der Waals surface area contributed by atoms with E-state index in [0.717, 1.165) is 63.1 Å². The first-order chi connectivity index (χ1) is 47.7.